The van der Waals surface area contributed by atoms with E-state index >= 15 is 0 Å². The topological polar surface area (TPSA) is 75.7 Å². The van der Waals surface area contributed by atoms with Gasteiger partial charge in [-0.05, 0) is 36.4 Å². The van der Waals surface area contributed by atoms with Crippen LogP contribution < -0.4 is 10.1 Å². The third kappa shape index (κ3) is 5.68. The maximum Gasteiger partial charge on any atom is 0.262 e. The molecule has 0 fully saturated rings. The number of halogens is 2. The maximum atomic E-state index is 12.6. The van der Waals surface area contributed by atoms with E-state index in [1.807, 2.05) is 0 Å². The van der Waals surface area contributed by atoms with Crippen LogP contribution in [0.25, 0.3) is 0 Å². The lowest BCUT2D eigenvalue weighted by molar-refractivity contribution is -0.118. The van der Waals surface area contributed by atoms with Gasteiger partial charge in [0.1, 0.15) is 5.75 Å². The predicted molar refractivity (Wildman–Crippen MR) is 110 cm³/mol. The van der Waals surface area contributed by atoms with Crippen molar-refractivity contribution in [3.05, 3.63) is 52.0 Å². The summed E-state index contributed by atoms with van der Waals surface area (Å²) >= 11 is 9.34. The van der Waals surface area contributed by atoms with Gasteiger partial charge in [-0.1, -0.05) is 47.4 Å². The van der Waals surface area contributed by atoms with Gasteiger partial charge in [-0.15, -0.1) is 0 Å². The molecule has 1 N–H and O–H groups in total. The summed E-state index contributed by atoms with van der Waals surface area (Å²) in [7, 11) is -3.60. The van der Waals surface area contributed by atoms with Crippen LogP contribution in [0.5, 0.6) is 5.75 Å². The Bertz CT molecular complexity index is 917. The minimum atomic E-state index is -3.60. The van der Waals surface area contributed by atoms with Gasteiger partial charge in [0.15, 0.2) is 6.61 Å². The summed E-state index contributed by atoms with van der Waals surface area (Å²) in [6.07, 6.45) is 0. The molecule has 0 spiro atoms. The number of amides is 1. The number of hydrogen-bond acceptors (Lipinski definition) is 4. The van der Waals surface area contributed by atoms with Crippen molar-refractivity contribution in [1.29, 1.82) is 0 Å². The first-order valence-corrected chi connectivity index (χ1v) is 10.9. The summed E-state index contributed by atoms with van der Waals surface area (Å²) in [5.74, 6) is -0.0424. The predicted octanol–water partition coefficient (Wildman–Crippen LogP) is 4.15. The third-order valence-electron chi connectivity index (χ3n) is 3.71. The van der Waals surface area contributed by atoms with Crippen LogP contribution in [-0.2, 0) is 14.8 Å². The molecule has 1 amide bonds. The molecule has 0 aliphatic carbocycles. The fraction of sp³-hybridized carbons (Fsp3) is 0.278. The SMILES string of the molecule is CCN(CC)S(=O)(=O)c1cccc(NC(=O)COc2ccc(Br)cc2Cl)c1. The lowest BCUT2D eigenvalue weighted by Crippen LogP contribution is -2.30. The van der Waals surface area contributed by atoms with Crippen LogP contribution in [0.4, 0.5) is 5.69 Å². The van der Waals surface area contributed by atoms with E-state index in [2.05, 4.69) is 21.2 Å². The number of benzene rings is 2. The fourth-order valence-corrected chi connectivity index (χ4v) is 4.61. The molecular formula is C18H20BrClN2O4S. The molecule has 0 radical (unpaired) electrons. The largest absolute Gasteiger partial charge is 0.482 e. The average Bonchev–Trinajstić information content (AvgIpc) is 2.62. The molecule has 0 saturated heterocycles. The quantitative estimate of drug-likeness (QED) is 0.622. The smallest absolute Gasteiger partial charge is 0.262 e. The second kappa shape index (κ2) is 9.54. The molecule has 0 bridgehead atoms. The van der Waals surface area contributed by atoms with Crippen molar-refractivity contribution in [3.63, 3.8) is 0 Å². The van der Waals surface area contributed by atoms with Gasteiger partial charge in [0.2, 0.25) is 10.0 Å². The van der Waals surface area contributed by atoms with E-state index in [1.165, 1.54) is 16.4 Å². The highest BCUT2D eigenvalue weighted by atomic mass is 79.9. The minimum Gasteiger partial charge on any atom is -0.482 e. The van der Waals surface area contributed by atoms with Gasteiger partial charge in [0.25, 0.3) is 5.91 Å². The van der Waals surface area contributed by atoms with Gasteiger partial charge in [-0.3, -0.25) is 4.79 Å². The number of carbonyl (C=O) groups excluding carboxylic acids is 1. The number of carbonyl (C=O) groups is 1. The van der Waals surface area contributed by atoms with Crippen molar-refractivity contribution in [2.24, 2.45) is 0 Å². The highest BCUT2D eigenvalue weighted by Crippen LogP contribution is 2.27. The van der Waals surface area contributed by atoms with Crippen LogP contribution in [0.3, 0.4) is 0 Å². The zero-order valence-corrected chi connectivity index (χ0v) is 18.1. The van der Waals surface area contributed by atoms with Crippen molar-refractivity contribution < 1.29 is 17.9 Å². The highest BCUT2D eigenvalue weighted by molar-refractivity contribution is 9.10. The van der Waals surface area contributed by atoms with Crippen LogP contribution in [-0.4, -0.2) is 38.3 Å². The molecule has 2 aromatic carbocycles. The van der Waals surface area contributed by atoms with Gasteiger partial charge in [-0.2, -0.15) is 4.31 Å². The molecule has 0 aromatic heterocycles. The Hall–Kier alpha value is -1.61. The summed E-state index contributed by atoms with van der Waals surface area (Å²) in [6.45, 7) is 4.04. The number of ether oxygens (including phenoxy) is 1. The fourth-order valence-electron chi connectivity index (χ4n) is 2.38. The molecule has 0 saturated carbocycles. The van der Waals surface area contributed by atoms with Gasteiger partial charge in [0, 0.05) is 23.2 Å². The lowest BCUT2D eigenvalue weighted by Gasteiger charge is -2.18. The van der Waals surface area contributed by atoms with Gasteiger partial charge in [0.05, 0.1) is 9.92 Å². The van der Waals surface area contributed by atoms with E-state index in [-0.39, 0.29) is 11.5 Å². The molecule has 2 rings (SSSR count). The Morgan fingerprint density at radius 2 is 1.89 bits per heavy atom. The van der Waals surface area contributed by atoms with Crippen LogP contribution in [0.15, 0.2) is 51.8 Å². The molecule has 0 unspecified atom stereocenters. The highest BCUT2D eigenvalue weighted by Gasteiger charge is 2.21. The zero-order chi connectivity index (χ0) is 20.0. The maximum absolute atomic E-state index is 12.6. The first kappa shape index (κ1) is 21.7. The van der Waals surface area contributed by atoms with Crippen LogP contribution in [0, 0.1) is 0 Å². The van der Waals surface area contributed by atoms with Gasteiger partial charge in [-0.25, -0.2) is 8.42 Å². The normalized spacial score (nSPS) is 11.4. The third-order valence-corrected chi connectivity index (χ3v) is 6.55. The van der Waals surface area contributed by atoms with E-state index in [1.54, 1.807) is 44.2 Å². The summed E-state index contributed by atoms with van der Waals surface area (Å²) in [5.41, 5.74) is 0.374. The van der Waals surface area contributed by atoms with E-state index in [4.69, 9.17) is 16.3 Å². The Labute approximate surface area is 172 Å². The molecule has 2 aromatic rings. The zero-order valence-electron chi connectivity index (χ0n) is 14.9. The molecule has 146 valence electrons. The second-order valence-corrected chi connectivity index (χ2v) is 8.79. The summed E-state index contributed by atoms with van der Waals surface area (Å²) in [5, 5.41) is 3.01. The first-order chi connectivity index (χ1) is 12.8. The molecule has 0 atom stereocenters. The van der Waals surface area contributed by atoms with Gasteiger partial charge >= 0.3 is 0 Å². The number of nitrogens with one attached hydrogen (secondary N) is 1. The Kier molecular flexibility index (Phi) is 7.67. The first-order valence-electron chi connectivity index (χ1n) is 8.25. The molecule has 6 nitrogen and oxygen atoms in total. The van der Waals surface area contributed by atoms with E-state index in [0.717, 1.165) is 4.47 Å². The molecule has 0 aliphatic rings. The van der Waals surface area contributed by atoms with Crippen molar-refractivity contribution in [2.45, 2.75) is 18.7 Å². The van der Waals surface area contributed by atoms with Crippen LogP contribution >= 0.6 is 27.5 Å². The van der Waals surface area contributed by atoms with Crippen molar-refractivity contribution in [2.75, 3.05) is 25.0 Å². The summed E-state index contributed by atoms with van der Waals surface area (Å²) < 4.78 is 32.7. The van der Waals surface area contributed by atoms with Crippen LogP contribution in [0.2, 0.25) is 5.02 Å². The van der Waals surface area contributed by atoms with Crippen LogP contribution in [0.1, 0.15) is 13.8 Å². The Balaban J connectivity index is 2.06. The second-order valence-electron chi connectivity index (χ2n) is 5.53. The Morgan fingerprint density at radius 3 is 2.52 bits per heavy atom. The summed E-state index contributed by atoms with van der Waals surface area (Å²) in [4.78, 5) is 12.2. The number of anilines is 1. The van der Waals surface area contributed by atoms with Crippen molar-refractivity contribution in [3.8, 4) is 5.75 Å². The number of nitrogens with zero attached hydrogens (tertiary/aromatic N) is 1. The molecule has 9 heteroatoms. The standard InChI is InChI=1S/C18H20BrClN2O4S/c1-3-22(4-2)27(24,25)15-7-5-6-14(11-15)21-18(23)12-26-17-9-8-13(19)10-16(17)20/h5-11H,3-4,12H2,1-2H3,(H,21,23). The van der Waals surface area contributed by atoms with Gasteiger partial charge < -0.3 is 10.1 Å². The lowest BCUT2D eigenvalue weighted by atomic mass is 10.3. The van der Waals surface area contributed by atoms with E-state index in [0.29, 0.717) is 29.5 Å². The Morgan fingerprint density at radius 1 is 1.19 bits per heavy atom. The molecule has 27 heavy (non-hydrogen) atoms. The van der Waals surface area contributed by atoms with Crippen molar-refractivity contribution in [1.82, 2.24) is 4.31 Å². The minimum absolute atomic E-state index is 0.126. The number of rotatable bonds is 8. The monoisotopic (exact) mass is 474 g/mol. The molecular weight excluding hydrogens is 456 g/mol. The van der Waals surface area contributed by atoms with Crippen molar-refractivity contribution >= 4 is 49.1 Å². The van der Waals surface area contributed by atoms with E-state index < -0.39 is 15.9 Å². The van der Waals surface area contributed by atoms with E-state index in [9.17, 15) is 13.2 Å². The molecule has 0 aliphatic heterocycles. The number of sulfonamides is 1. The molecule has 0 heterocycles. The average molecular weight is 476 g/mol. The summed E-state index contributed by atoms with van der Waals surface area (Å²) in [6, 6.07) is 11.2. The number of hydrogen-bond donors (Lipinski definition) is 1.